The van der Waals surface area contributed by atoms with E-state index >= 15 is 0 Å². The molecule has 0 spiro atoms. The molecule has 0 saturated carbocycles. The number of hydrogen-bond acceptors (Lipinski definition) is 1. The van der Waals surface area contributed by atoms with Gasteiger partial charge in [0.1, 0.15) is 0 Å². The topological polar surface area (TPSA) is 12.9 Å². The summed E-state index contributed by atoms with van der Waals surface area (Å²) < 4.78 is 6.56. The molecule has 1 heterocycles. The summed E-state index contributed by atoms with van der Waals surface area (Å²) in [5, 5.41) is 1.20. The van der Waals surface area contributed by atoms with E-state index in [1.54, 1.807) is 22.3 Å². The van der Waals surface area contributed by atoms with Gasteiger partial charge in [0, 0.05) is 0 Å². The fourth-order valence-electron chi connectivity index (χ4n) is 7.44. The van der Waals surface area contributed by atoms with Crippen LogP contribution in [0.5, 0.6) is 0 Å². The van der Waals surface area contributed by atoms with Gasteiger partial charge in [0.15, 0.2) is 0 Å². The van der Waals surface area contributed by atoms with E-state index < -0.39 is 17.4 Å². The van der Waals surface area contributed by atoms with Gasteiger partial charge in [0.25, 0.3) is 0 Å². The molecule has 2 aliphatic rings. The van der Waals surface area contributed by atoms with Gasteiger partial charge in [-0.1, -0.05) is 0 Å². The molecule has 3 aromatic carbocycles. The average molecular weight is 565 g/mol. The molecule has 2 unspecified atom stereocenters. The van der Waals surface area contributed by atoms with Crippen molar-refractivity contribution in [3.05, 3.63) is 112 Å². The Morgan fingerprint density at radius 1 is 0.778 bits per heavy atom. The second-order valence-corrected chi connectivity index (χ2v) is 42.8. The number of aromatic nitrogens is 1. The Morgan fingerprint density at radius 2 is 1.47 bits per heavy atom. The van der Waals surface area contributed by atoms with Crippen LogP contribution >= 0.6 is 0 Å². The van der Waals surface area contributed by atoms with Crippen molar-refractivity contribution in [1.29, 1.82) is 0 Å². The molecule has 1 nitrogen and oxygen atoms in total. The van der Waals surface area contributed by atoms with Gasteiger partial charge in [-0.25, -0.2) is 0 Å². The van der Waals surface area contributed by atoms with Crippen molar-refractivity contribution >= 4 is 29.9 Å². The van der Waals surface area contributed by atoms with Gasteiger partial charge in [-0.2, -0.15) is 0 Å². The van der Waals surface area contributed by atoms with E-state index in [1.807, 2.05) is 12.3 Å². The molecule has 4 aromatic rings. The predicted molar refractivity (Wildman–Crippen MR) is 156 cm³/mol. The Balaban J connectivity index is 1.59. The first-order valence-electron chi connectivity index (χ1n) is 13.2. The van der Waals surface area contributed by atoms with Gasteiger partial charge in [0.05, 0.1) is 0 Å². The molecule has 2 atom stereocenters. The second kappa shape index (κ2) is 8.33. The summed E-state index contributed by atoms with van der Waals surface area (Å²) in [5.74, 6) is 0.513. The fourth-order valence-corrected chi connectivity index (χ4v) is 28.0. The molecule has 0 N–H and O–H groups in total. The predicted octanol–water partition coefficient (Wildman–Crippen LogP) is 8.49. The van der Waals surface area contributed by atoms with Crippen LogP contribution in [0.25, 0.3) is 34.2 Å². The zero-order valence-electron chi connectivity index (χ0n) is 22.0. The number of fused-ring (bicyclic) bond motifs is 3. The molecule has 0 saturated heterocycles. The Kier molecular flexibility index (Phi) is 5.56. The maximum atomic E-state index is 4.80. The van der Waals surface area contributed by atoms with Gasteiger partial charge in [-0.3, -0.25) is 0 Å². The van der Waals surface area contributed by atoms with Crippen molar-refractivity contribution < 1.29 is 17.4 Å². The molecule has 36 heavy (non-hydrogen) atoms. The van der Waals surface area contributed by atoms with Crippen molar-refractivity contribution in [3.8, 4) is 11.1 Å². The number of pyridine rings is 1. The third kappa shape index (κ3) is 3.54. The average Bonchev–Trinajstić information content (AvgIpc) is 3.42. The molecule has 0 fully saturated rings. The van der Waals surface area contributed by atoms with Crippen LogP contribution in [0, 0.1) is 5.92 Å². The summed E-state index contributed by atoms with van der Waals surface area (Å²) in [7, 11) is 0. The zero-order valence-corrected chi connectivity index (χ0v) is 25.9. The number of nitrogens with zero attached hydrogens (tertiary/aromatic N) is 1. The Hall–Kier alpha value is -2.35. The quantitative estimate of drug-likeness (QED) is 0.227. The molecule has 1 aromatic heterocycles. The normalized spacial score (nSPS) is 19.3. The summed E-state index contributed by atoms with van der Waals surface area (Å²) in [6, 6.07) is 26.9. The Morgan fingerprint density at radius 3 is 2.28 bits per heavy atom. The third-order valence-corrected chi connectivity index (χ3v) is 26.3. The van der Waals surface area contributed by atoms with Crippen LogP contribution in [0.3, 0.4) is 0 Å². The number of allylic oxidation sites excluding steroid dienone is 2. The SMILES string of the molecule is CC1=Cc2ccccc2[CH]1[Zr]([CH3])([CH3])(=[SiH2])[CH]1C(C(C)C)=Cc2c(-c3cccc4cccnc34)cccc21. The summed E-state index contributed by atoms with van der Waals surface area (Å²) in [6.07, 6.45) is 6.94. The molecule has 0 bridgehead atoms. The first-order valence-corrected chi connectivity index (χ1v) is 26.9. The van der Waals surface area contributed by atoms with Crippen LogP contribution in [-0.4, -0.2) is 11.9 Å². The Labute approximate surface area is 217 Å². The zero-order chi connectivity index (χ0) is 25.3. The van der Waals surface area contributed by atoms with Crippen molar-refractivity contribution in [3.63, 3.8) is 0 Å². The molecule has 6 rings (SSSR count). The van der Waals surface area contributed by atoms with E-state index in [2.05, 4.69) is 116 Å². The molecule has 180 valence electrons. The fraction of sp³-hybridized carbons (Fsp3) is 0.242. The van der Waals surface area contributed by atoms with Gasteiger partial charge >= 0.3 is 219 Å². The summed E-state index contributed by atoms with van der Waals surface area (Å²) in [5.41, 5.74) is 12.8. The minimum atomic E-state index is -3.50. The molecule has 0 radical (unpaired) electrons. The van der Waals surface area contributed by atoms with E-state index in [9.17, 15) is 0 Å². The number of rotatable bonds is 4. The Bertz CT molecular complexity index is 1660. The summed E-state index contributed by atoms with van der Waals surface area (Å²) in [4.78, 5) is 4.80. The molecular weight excluding hydrogens is 530 g/mol. The molecule has 3 heteroatoms. The maximum absolute atomic E-state index is 4.80. The van der Waals surface area contributed by atoms with Gasteiger partial charge in [-0.15, -0.1) is 0 Å². The van der Waals surface area contributed by atoms with Crippen LogP contribution < -0.4 is 0 Å². The monoisotopic (exact) mass is 563 g/mol. The van der Waals surface area contributed by atoms with Gasteiger partial charge in [0.2, 0.25) is 0 Å². The van der Waals surface area contributed by atoms with Crippen LogP contribution in [-0.2, 0) is 17.4 Å². The van der Waals surface area contributed by atoms with E-state index in [0.717, 1.165) is 5.52 Å². The minimum absolute atomic E-state index is 0.513. The molecule has 0 amide bonds. The summed E-state index contributed by atoms with van der Waals surface area (Å²) in [6.45, 7) is 9.59. The van der Waals surface area contributed by atoms with Crippen molar-refractivity contribution in [1.82, 2.24) is 4.98 Å². The number of hydrogen-bond donors (Lipinski definition) is 0. The van der Waals surface area contributed by atoms with Crippen molar-refractivity contribution in [2.45, 2.75) is 37.3 Å². The van der Waals surface area contributed by atoms with Gasteiger partial charge in [-0.05, 0) is 0 Å². The standard InChI is InChI=1S/C21H18N.C10H9.2CH3.H2Si.Zr/c1-14(2)17-12-16-7-4-9-18(20(16)13-17)19-10-3-6-15-8-5-11-22-21(15)19;1-8-6-9-4-2-3-5-10(9)7-8;;;;/h3-14H,1-2H3;2-7H,1H3;2*1H3;1H2;. The van der Waals surface area contributed by atoms with Crippen LogP contribution in [0.2, 0.25) is 9.26 Å². The third-order valence-electron chi connectivity index (χ3n) is 8.73. The van der Waals surface area contributed by atoms with E-state index in [4.69, 9.17) is 4.98 Å². The molecule has 2 aliphatic carbocycles. The van der Waals surface area contributed by atoms with Crippen molar-refractivity contribution in [2.75, 3.05) is 0 Å². The number of benzene rings is 3. The first kappa shape index (κ1) is 24.0. The molecular formula is C33H35NSiZr. The van der Waals surface area contributed by atoms with E-state index in [0.29, 0.717) is 13.2 Å². The van der Waals surface area contributed by atoms with Gasteiger partial charge < -0.3 is 0 Å². The van der Waals surface area contributed by atoms with E-state index in [1.165, 1.54) is 27.6 Å². The second-order valence-electron chi connectivity index (χ2n) is 12.3. The van der Waals surface area contributed by atoms with Crippen LogP contribution in [0.4, 0.5) is 0 Å². The summed E-state index contributed by atoms with van der Waals surface area (Å²) >= 11 is -3.50. The van der Waals surface area contributed by atoms with Crippen molar-refractivity contribution in [2.24, 2.45) is 5.92 Å². The van der Waals surface area contributed by atoms with E-state index in [-0.39, 0.29) is 0 Å². The van der Waals surface area contributed by atoms with Crippen LogP contribution in [0.1, 0.15) is 50.3 Å². The number of para-hydroxylation sites is 1. The van der Waals surface area contributed by atoms with Crippen LogP contribution in [0.15, 0.2) is 90.1 Å². The molecule has 0 aliphatic heterocycles. The first-order chi connectivity index (χ1) is 17.2.